The minimum absolute atomic E-state index is 0. The molecule has 2 aromatic heterocycles. The van der Waals surface area contributed by atoms with Crippen molar-refractivity contribution >= 4 is 53.2 Å². The van der Waals surface area contributed by atoms with Gasteiger partial charge in [0.1, 0.15) is 0 Å². The molecule has 6 aromatic carbocycles. The SMILES string of the molecule is Cc1ccc(-c2cc3c(-c4cc(C)c(C)c(C)c4)c(C)c(C)cc3[cH-]2)o1.Cc1ccc(-c2cc3c(-c4cc(C)c(C)c(C)c4)c(C)c(C)cc3[cH-]2)o1.Cl.Cl.[CH3-].[CH3-].[Si]=[Zr]. The Morgan fingerprint density at radius 2 is 0.707 bits per heavy atom. The fourth-order valence-corrected chi connectivity index (χ4v) is 7.77. The first-order valence-corrected chi connectivity index (χ1v) is 22.8. The van der Waals surface area contributed by atoms with Gasteiger partial charge >= 0.3 is 30.2 Å². The van der Waals surface area contributed by atoms with Crippen LogP contribution in [0.15, 0.2) is 93.8 Å². The predicted octanol–water partition coefficient (Wildman–Crippen LogP) is 16.0. The Balaban J connectivity index is 0.000000360. The molecule has 0 unspecified atom stereocenters. The second-order valence-electron chi connectivity index (χ2n) is 15.2. The molecule has 0 N–H and O–H groups in total. The van der Waals surface area contributed by atoms with Crippen molar-refractivity contribution in [3.05, 3.63) is 167 Å². The first-order chi connectivity index (χ1) is 25.7. The van der Waals surface area contributed by atoms with E-state index in [0.29, 0.717) is 0 Å². The van der Waals surface area contributed by atoms with E-state index in [9.17, 15) is 0 Å². The molecular formula is C52H58Cl2O2SiZr-4. The van der Waals surface area contributed by atoms with Crippen LogP contribution >= 0.6 is 24.8 Å². The Bertz CT molecular complexity index is 2450. The van der Waals surface area contributed by atoms with Gasteiger partial charge in [0.15, 0.2) is 0 Å². The van der Waals surface area contributed by atoms with E-state index in [1.165, 1.54) is 123 Å². The molecule has 304 valence electrons. The molecule has 0 aliphatic rings. The summed E-state index contributed by atoms with van der Waals surface area (Å²) in [5.74, 6) is 3.78. The summed E-state index contributed by atoms with van der Waals surface area (Å²) >= 11 is 1.36. The number of rotatable bonds is 4. The molecule has 0 aliphatic heterocycles. The van der Waals surface area contributed by atoms with Crippen LogP contribution in [-0.4, -0.2) is 6.88 Å². The fraction of sp³-hybridized carbons (Fsp3) is 0.231. The van der Waals surface area contributed by atoms with Gasteiger partial charge in [-0.05, 0) is 163 Å². The molecule has 2 nitrogen and oxygen atoms in total. The second-order valence-corrected chi connectivity index (χ2v) is 15.2. The summed E-state index contributed by atoms with van der Waals surface area (Å²) in [5, 5.41) is 5.17. The number of fused-ring (bicyclic) bond motifs is 2. The average Bonchev–Trinajstić information content (AvgIpc) is 3.95. The van der Waals surface area contributed by atoms with Gasteiger partial charge < -0.3 is 23.7 Å². The summed E-state index contributed by atoms with van der Waals surface area (Å²) in [6, 6.07) is 31.1. The molecule has 2 radical (unpaired) electrons. The zero-order valence-corrected chi connectivity index (χ0v) is 41.8. The molecule has 0 aliphatic carbocycles. The van der Waals surface area contributed by atoms with Crippen molar-refractivity contribution < 1.29 is 32.2 Å². The first kappa shape index (κ1) is 50.5. The number of hydrogen-bond acceptors (Lipinski definition) is 2. The van der Waals surface area contributed by atoms with Gasteiger partial charge in [0.25, 0.3) is 0 Å². The molecule has 0 saturated carbocycles. The van der Waals surface area contributed by atoms with Gasteiger partial charge in [-0.1, -0.05) is 57.6 Å². The maximum atomic E-state index is 5.86. The molecule has 0 saturated heterocycles. The van der Waals surface area contributed by atoms with Crippen molar-refractivity contribution in [3.63, 3.8) is 0 Å². The van der Waals surface area contributed by atoms with Crippen LogP contribution in [0.25, 0.3) is 66.4 Å². The van der Waals surface area contributed by atoms with E-state index in [4.69, 9.17) is 8.83 Å². The number of halogens is 2. The van der Waals surface area contributed by atoms with Crippen molar-refractivity contribution in [2.24, 2.45) is 0 Å². The van der Waals surface area contributed by atoms with Crippen LogP contribution in [0.3, 0.4) is 0 Å². The monoisotopic (exact) mass is 902 g/mol. The summed E-state index contributed by atoms with van der Waals surface area (Å²) in [5.41, 5.74) is 21.1. The zero-order valence-electron chi connectivity index (χ0n) is 36.7. The molecule has 58 heavy (non-hydrogen) atoms. The van der Waals surface area contributed by atoms with Crippen molar-refractivity contribution in [2.45, 2.75) is 83.1 Å². The van der Waals surface area contributed by atoms with E-state index >= 15 is 0 Å². The predicted molar refractivity (Wildman–Crippen MR) is 255 cm³/mol. The van der Waals surface area contributed by atoms with Crippen molar-refractivity contribution in [2.75, 3.05) is 0 Å². The van der Waals surface area contributed by atoms with Gasteiger partial charge in [-0.2, -0.15) is 0 Å². The quantitative estimate of drug-likeness (QED) is 0.130. The van der Waals surface area contributed by atoms with Gasteiger partial charge in [0.05, 0.1) is 23.0 Å². The van der Waals surface area contributed by atoms with Crippen LogP contribution in [0.1, 0.15) is 67.2 Å². The van der Waals surface area contributed by atoms with E-state index in [2.05, 4.69) is 149 Å². The Hall–Kier alpha value is -3.66. The van der Waals surface area contributed by atoms with Gasteiger partial charge in [0, 0.05) is 0 Å². The van der Waals surface area contributed by atoms with Crippen LogP contribution in [0.5, 0.6) is 0 Å². The molecule has 8 rings (SSSR count). The summed E-state index contributed by atoms with van der Waals surface area (Å²) in [6.07, 6.45) is 0. The minimum atomic E-state index is 0. The van der Waals surface area contributed by atoms with Gasteiger partial charge in [-0.3, -0.25) is 0 Å². The standard InChI is InChI=1S/2C25H25O.2CH3.2ClH.Si.Zr/c2*1-14-10-22(11-15(2)18(14)5)25-19(6)16(3)9-20-12-21(13-23(20)25)24-8-7-17(4)26-24;;;;;;/h2*7-13H,1-6H3;2*1H3;2*1H;;/q4*-1;;;;. The third-order valence-corrected chi connectivity index (χ3v) is 11.5. The van der Waals surface area contributed by atoms with E-state index in [1.807, 2.05) is 26.0 Å². The van der Waals surface area contributed by atoms with Crippen LogP contribution in [0.2, 0.25) is 0 Å². The average molecular weight is 905 g/mol. The number of aryl methyl sites for hydroxylation is 8. The molecule has 8 aromatic rings. The van der Waals surface area contributed by atoms with E-state index in [-0.39, 0.29) is 39.7 Å². The van der Waals surface area contributed by atoms with Crippen molar-refractivity contribution in [1.29, 1.82) is 0 Å². The topological polar surface area (TPSA) is 26.3 Å². The van der Waals surface area contributed by atoms with E-state index in [1.54, 1.807) is 0 Å². The van der Waals surface area contributed by atoms with Crippen molar-refractivity contribution in [1.82, 2.24) is 0 Å². The number of furan rings is 2. The second kappa shape index (κ2) is 20.5. The molecule has 0 spiro atoms. The molecule has 0 amide bonds. The van der Waals surface area contributed by atoms with Crippen LogP contribution in [-0.2, 0) is 23.3 Å². The Labute approximate surface area is 377 Å². The molecule has 0 atom stereocenters. The number of benzene rings is 4. The third-order valence-electron chi connectivity index (χ3n) is 11.5. The Kier molecular flexibility index (Phi) is 17.9. The summed E-state index contributed by atoms with van der Waals surface area (Å²) in [7, 11) is 0. The van der Waals surface area contributed by atoms with Gasteiger partial charge in [-0.15, -0.1) is 82.8 Å². The molecule has 0 fully saturated rings. The molecule has 6 heteroatoms. The Morgan fingerprint density at radius 1 is 0.414 bits per heavy atom. The normalized spacial score (nSPS) is 10.3. The Morgan fingerprint density at radius 3 is 0.983 bits per heavy atom. The zero-order chi connectivity index (χ0) is 39.2. The molecular weight excluding hydrogens is 847 g/mol. The van der Waals surface area contributed by atoms with E-state index < -0.39 is 0 Å². The number of hydrogen-bond donors (Lipinski definition) is 0. The molecule has 0 bridgehead atoms. The van der Waals surface area contributed by atoms with Crippen molar-refractivity contribution in [3.8, 4) is 44.9 Å². The van der Waals surface area contributed by atoms with Gasteiger partial charge in [-0.25, -0.2) is 0 Å². The first-order valence-electron chi connectivity index (χ1n) is 18.7. The summed E-state index contributed by atoms with van der Waals surface area (Å²) in [4.78, 5) is 0. The third kappa shape index (κ3) is 9.85. The maximum absolute atomic E-state index is 5.86. The fourth-order valence-electron chi connectivity index (χ4n) is 7.77. The van der Waals surface area contributed by atoms with E-state index in [0.717, 1.165) is 34.2 Å². The van der Waals surface area contributed by atoms with Crippen LogP contribution < -0.4 is 0 Å². The van der Waals surface area contributed by atoms with Crippen LogP contribution in [0.4, 0.5) is 0 Å². The van der Waals surface area contributed by atoms with Gasteiger partial charge in [0.2, 0.25) is 0 Å². The molecule has 2 heterocycles. The van der Waals surface area contributed by atoms with Crippen LogP contribution in [0, 0.1) is 97.9 Å². The summed E-state index contributed by atoms with van der Waals surface area (Å²) < 4.78 is 11.7. The summed E-state index contributed by atoms with van der Waals surface area (Å²) in [6.45, 7) is 29.1.